The van der Waals surface area contributed by atoms with E-state index in [4.69, 9.17) is 5.73 Å². The zero-order valence-electron chi connectivity index (χ0n) is 11.1. The maximum absolute atomic E-state index is 13.2. The van der Waals surface area contributed by atoms with Gasteiger partial charge in [-0.15, -0.1) is 0 Å². The first-order valence-corrected chi connectivity index (χ1v) is 6.75. The summed E-state index contributed by atoms with van der Waals surface area (Å²) in [5.41, 5.74) is 10.3. The Hall–Kier alpha value is -1.68. The summed E-state index contributed by atoms with van der Waals surface area (Å²) in [4.78, 5) is 0. The van der Waals surface area contributed by atoms with Crippen molar-refractivity contribution < 1.29 is 4.39 Å². The van der Waals surface area contributed by atoms with Crippen LogP contribution in [0.25, 0.3) is 5.69 Å². The highest BCUT2D eigenvalue weighted by Crippen LogP contribution is 2.29. The number of benzene rings is 1. The van der Waals surface area contributed by atoms with Gasteiger partial charge in [-0.05, 0) is 49.9 Å². The molecule has 19 heavy (non-hydrogen) atoms. The monoisotopic (exact) mass is 259 g/mol. The number of hydrogen-bond donors (Lipinski definition) is 1. The Balaban J connectivity index is 2.11. The van der Waals surface area contributed by atoms with E-state index >= 15 is 0 Å². The highest BCUT2D eigenvalue weighted by Gasteiger charge is 2.21. The van der Waals surface area contributed by atoms with E-state index in [1.54, 1.807) is 12.1 Å². The van der Waals surface area contributed by atoms with Crippen LogP contribution in [0, 0.1) is 12.7 Å². The van der Waals surface area contributed by atoms with Crippen molar-refractivity contribution in [2.45, 2.75) is 38.6 Å². The molecule has 0 aliphatic heterocycles. The fraction of sp³-hybridized carbons (Fsp3) is 0.400. The van der Waals surface area contributed by atoms with Gasteiger partial charge in [-0.3, -0.25) is 0 Å². The Kier molecular flexibility index (Phi) is 3.11. The molecule has 0 saturated heterocycles. The summed E-state index contributed by atoms with van der Waals surface area (Å²) >= 11 is 0. The average molecular weight is 259 g/mol. The van der Waals surface area contributed by atoms with E-state index in [0.29, 0.717) is 0 Å². The quantitative estimate of drug-likeness (QED) is 0.800. The summed E-state index contributed by atoms with van der Waals surface area (Å²) in [5.74, 6) is -0.212. The molecule has 0 radical (unpaired) electrons. The molecule has 2 aromatic rings. The summed E-state index contributed by atoms with van der Waals surface area (Å²) < 4.78 is 15.1. The van der Waals surface area contributed by atoms with Crippen LogP contribution in [0.15, 0.2) is 24.4 Å². The molecule has 1 aromatic carbocycles. The minimum Gasteiger partial charge on any atom is -0.324 e. The minimum atomic E-state index is -0.212. The standard InChI is InChI=1S/C15H18FN3/c1-10-8-11(16)6-7-14(10)19-15-5-3-2-4-13(17)12(15)9-18-19/h6-9,13H,2-5,17H2,1H3. The fourth-order valence-electron chi connectivity index (χ4n) is 2.82. The van der Waals surface area contributed by atoms with Crippen molar-refractivity contribution in [2.24, 2.45) is 5.73 Å². The Morgan fingerprint density at radius 1 is 1.37 bits per heavy atom. The van der Waals surface area contributed by atoms with Crippen LogP contribution in [0.5, 0.6) is 0 Å². The van der Waals surface area contributed by atoms with Crippen LogP contribution in [0.1, 0.15) is 42.1 Å². The van der Waals surface area contributed by atoms with Gasteiger partial charge in [0.05, 0.1) is 11.9 Å². The molecule has 0 saturated carbocycles. The van der Waals surface area contributed by atoms with E-state index in [-0.39, 0.29) is 11.9 Å². The van der Waals surface area contributed by atoms with Gasteiger partial charge in [0.2, 0.25) is 0 Å². The number of nitrogens with zero attached hydrogens (tertiary/aromatic N) is 2. The zero-order chi connectivity index (χ0) is 13.4. The summed E-state index contributed by atoms with van der Waals surface area (Å²) in [6.45, 7) is 1.91. The number of fused-ring (bicyclic) bond motifs is 1. The van der Waals surface area contributed by atoms with E-state index in [2.05, 4.69) is 5.10 Å². The van der Waals surface area contributed by atoms with E-state index in [9.17, 15) is 4.39 Å². The van der Waals surface area contributed by atoms with Crippen LogP contribution >= 0.6 is 0 Å². The SMILES string of the molecule is Cc1cc(F)ccc1-n1ncc2c1CCCCC2N. The molecule has 1 aliphatic rings. The molecule has 100 valence electrons. The van der Waals surface area contributed by atoms with Crippen molar-refractivity contribution in [1.82, 2.24) is 9.78 Å². The second kappa shape index (κ2) is 4.78. The molecule has 0 spiro atoms. The number of hydrogen-bond acceptors (Lipinski definition) is 2. The molecule has 1 unspecified atom stereocenters. The van der Waals surface area contributed by atoms with Gasteiger partial charge in [-0.1, -0.05) is 6.42 Å². The second-order valence-electron chi connectivity index (χ2n) is 5.24. The fourth-order valence-corrected chi connectivity index (χ4v) is 2.82. The smallest absolute Gasteiger partial charge is 0.123 e. The van der Waals surface area contributed by atoms with Crippen LogP contribution < -0.4 is 5.73 Å². The molecule has 3 nitrogen and oxygen atoms in total. The summed E-state index contributed by atoms with van der Waals surface area (Å²) in [6, 6.07) is 4.88. The molecule has 1 atom stereocenters. The first-order chi connectivity index (χ1) is 9.16. The largest absolute Gasteiger partial charge is 0.324 e. The lowest BCUT2D eigenvalue weighted by Gasteiger charge is -2.11. The van der Waals surface area contributed by atoms with Crippen molar-refractivity contribution in [2.75, 3.05) is 0 Å². The third kappa shape index (κ3) is 2.16. The zero-order valence-corrected chi connectivity index (χ0v) is 11.1. The number of aromatic nitrogens is 2. The Bertz CT molecular complexity index is 603. The van der Waals surface area contributed by atoms with E-state index in [1.807, 2.05) is 17.8 Å². The molecular formula is C15H18FN3. The topological polar surface area (TPSA) is 43.8 Å². The van der Waals surface area contributed by atoms with Gasteiger partial charge in [0.25, 0.3) is 0 Å². The lowest BCUT2D eigenvalue weighted by Crippen LogP contribution is -2.10. The average Bonchev–Trinajstić information content (AvgIpc) is 2.69. The van der Waals surface area contributed by atoms with Crippen LogP contribution in [0.4, 0.5) is 4.39 Å². The van der Waals surface area contributed by atoms with Crippen molar-refractivity contribution in [1.29, 1.82) is 0 Å². The number of nitrogens with two attached hydrogens (primary N) is 1. The first kappa shape index (κ1) is 12.4. The third-order valence-corrected chi connectivity index (χ3v) is 3.87. The molecule has 0 fully saturated rings. The van der Waals surface area contributed by atoms with Gasteiger partial charge in [-0.2, -0.15) is 5.10 Å². The Morgan fingerprint density at radius 2 is 2.21 bits per heavy atom. The van der Waals surface area contributed by atoms with Crippen molar-refractivity contribution in [3.63, 3.8) is 0 Å². The van der Waals surface area contributed by atoms with Gasteiger partial charge in [-0.25, -0.2) is 9.07 Å². The number of rotatable bonds is 1. The van der Waals surface area contributed by atoms with Crippen LogP contribution in [0.3, 0.4) is 0 Å². The molecule has 1 heterocycles. The first-order valence-electron chi connectivity index (χ1n) is 6.75. The molecule has 0 bridgehead atoms. The molecule has 3 rings (SSSR count). The van der Waals surface area contributed by atoms with E-state index < -0.39 is 0 Å². The van der Waals surface area contributed by atoms with Gasteiger partial charge < -0.3 is 5.73 Å². The maximum Gasteiger partial charge on any atom is 0.123 e. The van der Waals surface area contributed by atoms with Crippen LogP contribution in [0.2, 0.25) is 0 Å². The lowest BCUT2D eigenvalue weighted by molar-refractivity contribution is 0.611. The van der Waals surface area contributed by atoms with Gasteiger partial charge in [0.15, 0.2) is 0 Å². The van der Waals surface area contributed by atoms with Crippen molar-refractivity contribution in [3.8, 4) is 5.69 Å². The molecular weight excluding hydrogens is 241 g/mol. The Labute approximate surface area is 112 Å². The van der Waals surface area contributed by atoms with Crippen molar-refractivity contribution >= 4 is 0 Å². The third-order valence-electron chi connectivity index (χ3n) is 3.87. The summed E-state index contributed by atoms with van der Waals surface area (Å²) in [6.07, 6.45) is 6.15. The number of halogens is 1. The Morgan fingerprint density at radius 3 is 3.00 bits per heavy atom. The number of aryl methyl sites for hydroxylation is 1. The second-order valence-corrected chi connectivity index (χ2v) is 5.24. The summed E-state index contributed by atoms with van der Waals surface area (Å²) in [7, 11) is 0. The molecule has 4 heteroatoms. The van der Waals surface area contributed by atoms with Gasteiger partial charge >= 0.3 is 0 Å². The normalized spacial score (nSPS) is 19.0. The van der Waals surface area contributed by atoms with E-state index in [0.717, 1.165) is 42.5 Å². The van der Waals surface area contributed by atoms with Crippen molar-refractivity contribution in [3.05, 3.63) is 47.0 Å². The highest BCUT2D eigenvalue weighted by molar-refractivity contribution is 5.43. The molecule has 2 N–H and O–H groups in total. The minimum absolute atomic E-state index is 0.0759. The van der Waals surface area contributed by atoms with Gasteiger partial charge in [0.1, 0.15) is 5.82 Å². The van der Waals surface area contributed by atoms with E-state index in [1.165, 1.54) is 11.8 Å². The molecule has 1 aromatic heterocycles. The predicted molar refractivity (Wildman–Crippen MR) is 72.7 cm³/mol. The van der Waals surface area contributed by atoms with Crippen LogP contribution in [-0.2, 0) is 6.42 Å². The summed E-state index contributed by atoms with van der Waals surface area (Å²) in [5, 5.41) is 4.46. The van der Waals surface area contributed by atoms with Crippen LogP contribution in [-0.4, -0.2) is 9.78 Å². The maximum atomic E-state index is 13.2. The lowest BCUT2D eigenvalue weighted by atomic mass is 10.1. The van der Waals surface area contributed by atoms with Gasteiger partial charge in [0, 0.05) is 17.3 Å². The molecule has 0 amide bonds. The highest BCUT2D eigenvalue weighted by atomic mass is 19.1. The predicted octanol–water partition coefficient (Wildman–Crippen LogP) is 3.05. The molecule has 1 aliphatic carbocycles.